The highest BCUT2D eigenvalue weighted by Crippen LogP contribution is 2.39. The van der Waals surface area contributed by atoms with Gasteiger partial charge in [-0.15, -0.1) is 0 Å². The zero-order valence-corrected chi connectivity index (χ0v) is 19.7. The van der Waals surface area contributed by atoms with E-state index < -0.39 is 0 Å². The van der Waals surface area contributed by atoms with Crippen LogP contribution in [0.4, 0.5) is 5.69 Å². The van der Waals surface area contributed by atoms with Crippen molar-refractivity contribution in [1.82, 2.24) is 20.0 Å². The third kappa shape index (κ3) is 5.15. The number of anilines is 1. The number of aromatic nitrogens is 2. The van der Waals surface area contributed by atoms with Crippen LogP contribution in [0.15, 0.2) is 36.5 Å². The second-order valence-electron chi connectivity index (χ2n) is 9.13. The minimum absolute atomic E-state index is 0.00889. The van der Waals surface area contributed by atoms with E-state index in [9.17, 15) is 4.79 Å². The van der Waals surface area contributed by atoms with Crippen molar-refractivity contribution in [2.75, 3.05) is 37.6 Å². The smallest absolute Gasteiger partial charge is 0.269 e. The molecule has 0 bridgehead atoms. The lowest BCUT2D eigenvalue weighted by Gasteiger charge is -2.39. The number of nitrogens with zero attached hydrogens (tertiary/aromatic N) is 4. The minimum Gasteiger partial charge on any atom is -0.372 e. The number of aryl methyl sites for hydroxylation is 1. The van der Waals surface area contributed by atoms with E-state index in [1.165, 1.54) is 11.3 Å². The van der Waals surface area contributed by atoms with Crippen LogP contribution < -0.4 is 10.2 Å². The molecule has 2 aliphatic rings. The van der Waals surface area contributed by atoms with Crippen LogP contribution in [0.5, 0.6) is 0 Å². The molecule has 2 fully saturated rings. The molecule has 0 radical (unpaired) electrons. The standard InChI is InChI=1S/C25H37N5O2/c1-4-30(5-2)21-8-6-20(7-9-21)19-29-16-13-25(14-17-29)12-10-22(32-25)18-26-24(31)23-11-15-27-28(23)3/h6-9,11,15,22H,4-5,10,12-14,16-19H2,1-3H3,(H,26,31)/t22-/m1/s1. The van der Waals surface area contributed by atoms with E-state index in [1.54, 1.807) is 24.0 Å². The Hall–Kier alpha value is -2.38. The minimum atomic E-state index is -0.0867. The molecular weight excluding hydrogens is 402 g/mol. The van der Waals surface area contributed by atoms with Crippen LogP contribution in [0.1, 0.15) is 55.6 Å². The molecule has 1 aromatic carbocycles. The molecule has 1 amide bonds. The highest BCUT2D eigenvalue weighted by Gasteiger charge is 2.42. The molecule has 2 aliphatic heterocycles. The van der Waals surface area contributed by atoms with Crippen molar-refractivity contribution in [2.24, 2.45) is 7.05 Å². The number of hydrogen-bond acceptors (Lipinski definition) is 5. The summed E-state index contributed by atoms with van der Waals surface area (Å²) in [6, 6.07) is 10.8. The Labute approximate surface area is 191 Å². The third-order valence-electron chi connectivity index (χ3n) is 7.12. The van der Waals surface area contributed by atoms with Gasteiger partial charge in [-0.1, -0.05) is 12.1 Å². The number of likely N-dealkylation sites (tertiary alicyclic amines) is 1. The number of rotatable bonds is 8. The van der Waals surface area contributed by atoms with Crippen molar-refractivity contribution in [3.05, 3.63) is 47.8 Å². The summed E-state index contributed by atoms with van der Waals surface area (Å²) >= 11 is 0. The lowest BCUT2D eigenvalue weighted by Crippen LogP contribution is -2.44. The van der Waals surface area contributed by atoms with Gasteiger partial charge in [-0.2, -0.15) is 5.10 Å². The molecule has 0 unspecified atom stereocenters. The van der Waals surface area contributed by atoms with Gasteiger partial charge in [0.15, 0.2) is 0 Å². The molecule has 2 saturated heterocycles. The lowest BCUT2D eigenvalue weighted by atomic mass is 9.88. The van der Waals surface area contributed by atoms with E-state index in [-0.39, 0.29) is 17.6 Å². The van der Waals surface area contributed by atoms with Gasteiger partial charge in [-0.3, -0.25) is 14.4 Å². The molecule has 4 rings (SSSR count). The van der Waals surface area contributed by atoms with E-state index in [2.05, 4.69) is 58.3 Å². The van der Waals surface area contributed by atoms with Crippen molar-refractivity contribution in [1.29, 1.82) is 0 Å². The Kier molecular flexibility index (Phi) is 7.16. The Morgan fingerprint density at radius 1 is 1.16 bits per heavy atom. The molecule has 3 heterocycles. The highest BCUT2D eigenvalue weighted by atomic mass is 16.5. The summed E-state index contributed by atoms with van der Waals surface area (Å²) in [5.74, 6) is -0.0867. The predicted octanol–water partition coefficient (Wildman–Crippen LogP) is 3.21. The number of nitrogens with one attached hydrogen (secondary N) is 1. The summed E-state index contributed by atoms with van der Waals surface area (Å²) in [4.78, 5) is 17.2. The molecule has 1 spiro atoms. The first-order valence-corrected chi connectivity index (χ1v) is 12.0. The van der Waals surface area contributed by atoms with E-state index in [0.717, 1.165) is 58.4 Å². The number of carbonyl (C=O) groups excluding carboxylic acids is 1. The summed E-state index contributed by atoms with van der Waals surface area (Å²) < 4.78 is 8.08. The topological polar surface area (TPSA) is 62.6 Å². The quantitative estimate of drug-likeness (QED) is 0.684. The molecule has 1 aromatic heterocycles. The average molecular weight is 440 g/mol. The maximum absolute atomic E-state index is 12.3. The molecule has 0 aliphatic carbocycles. The van der Waals surface area contributed by atoms with Crippen LogP contribution >= 0.6 is 0 Å². The monoisotopic (exact) mass is 439 g/mol. The third-order valence-corrected chi connectivity index (χ3v) is 7.12. The summed E-state index contributed by atoms with van der Waals surface area (Å²) in [7, 11) is 1.78. The molecule has 174 valence electrons. The second kappa shape index (κ2) is 10.0. The number of ether oxygens (including phenoxy) is 1. The van der Waals surface area contributed by atoms with Gasteiger partial charge in [-0.05, 0) is 63.3 Å². The number of hydrogen-bond donors (Lipinski definition) is 1. The van der Waals surface area contributed by atoms with Crippen molar-refractivity contribution in [3.63, 3.8) is 0 Å². The summed E-state index contributed by atoms with van der Waals surface area (Å²) in [5.41, 5.74) is 3.25. The second-order valence-corrected chi connectivity index (χ2v) is 9.13. The maximum atomic E-state index is 12.3. The Balaban J connectivity index is 1.22. The van der Waals surface area contributed by atoms with Gasteiger partial charge in [0.2, 0.25) is 0 Å². The maximum Gasteiger partial charge on any atom is 0.269 e. The molecule has 7 nitrogen and oxygen atoms in total. The largest absolute Gasteiger partial charge is 0.372 e. The summed E-state index contributed by atoms with van der Waals surface area (Å²) in [6.07, 6.45) is 5.98. The normalized spacial score (nSPS) is 20.5. The number of carbonyl (C=O) groups is 1. The van der Waals surface area contributed by atoms with Gasteiger partial charge >= 0.3 is 0 Å². The predicted molar refractivity (Wildman–Crippen MR) is 127 cm³/mol. The van der Waals surface area contributed by atoms with E-state index in [0.29, 0.717) is 12.2 Å². The Morgan fingerprint density at radius 2 is 1.88 bits per heavy atom. The van der Waals surface area contributed by atoms with Crippen molar-refractivity contribution >= 4 is 11.6 Å². The van der Waals surface area contributed by atoms with Gasteiger partial charge in [-0.25, -0.2) is 0 Å². The van der Waals surface area contributed by atoms with Crippen LogP contribution in [0, 0.1) is 0 Å². The molecule has 0 saturated carbocycles. The first-order valence-electron chi connectivity index (χ1n) is 12.0. The van der Waals surface area contributed by atoms with Gasteiger partial charge < -0.3 is 15.0 Å². The van der Waals surface area contributed by atoms with Crippen LogP contribution in [0.2, 0.25) is 0 Å². The van der Waals surface area contributed by atoms with Crippen molar-refractivity contribution < 1.29 is 9.53 Å². The zero-order valence-electron chi connectivity index (χ0n) is 19.7. The molecule has 7 heteroatoms. The number of piperidine rings is 1. The van der Waals surface area contributed by atoms with Gasteiger partial charge in [0.05, 0.1) is 11.7 Å². The van der Waals surface area contributed by atoms with Gasteiger partial charge in [0.1, 0.15) is 5.69 Å². The first kappa shape index (κ1) is 22.8. The molecule has 1 atom stereocenters. The Bertz CT molecular complexity index is 882. The fourth-order valence-electron chi connectivity index (χ4n) is 5.08. The number of benzene rings is 1. The number of amides is 1. The molecule has 2 aromatic rings. The molecule has 1 N–H and O–H groups in total. The Morgan fingerprint density at radius 3 is 2.50 bits per heavy atom. The van der Waals surface area contributed by atoms with Crippen LogP contribution in [0.25, 0.3) is 0 Å². The summed E-state index contributed by atoms with van der Waals surface area (Å²) in [6.45, 7) is 10.2. The van der Waals surface area contributed by atoms with Crippen LogP contribution in [-0.2, 0) is 18.3 Å². The van der Waals surface area contributed by atoms with Crippen molar-refractivity contribution in [3.8, 4) is 0 Å². The van der Waals surface area contributed by atoms with E-state index in [1.807, 2.05) is 0 Å². The average Bonchev–Trinajstić information content (AvgIpc) is 3.42. The molecule has 32 heavy (non-hydrogen) atoms. The van der Waals surface area contributed by atoms with Gasteiger partial charge in [0, 0.05) is 58.2 Å². The fraction of sp³-hybridized carbons (Fsp3) is 0.600. The van der Waals surface area contributed by atoms with Crippen LogP contribution in [-0.4, -0.2) is 65.0 Å². The fourth-order valence-corrected chi connectivity index (χ4v) is 5.08. The SMILES string of the molecule is CCN(CC)c1ccc(CN2CCC3(CC[C@H](CNC(=O)c4ccnn4C)O3)CC2)cc1. The first-order chi connectivity index (χ1) is 15.5. The summed E-state index contributed by atoms with van der Waals surface area (Å²) in [5, 5.41) is 7.07. The molecular formula is C25H37N5O2. The van der Waals surface area contributed by atoms with E-state index >= 15 is 0 Å². The van der Waals surface area contributed by atoms with Crippen molar-refractivity contribution in [2.45, 2.75) is 57.8 Å². The highest BCUT2D eigenvalue weighted by molar-refractivity contribution is 5.92. The zero-order chi connectivity index (χ0) is 22.6. The van der Waals surface area contributed by atoms with E-state index in [4.69, 9.17) is 4.74 Å². The van der Waals surface area contributed by atoms with Crippen LogP contribution in [0.3, 0.4) is 0 Å². The van der Waals surface area contributed by atoms with Gasteiger partial charge in [0.25, 0.3) is 5.91 Å². The lowest BCUT2D eigenvalue weighted by molar-refractivity contribution is -0.0764.